The number of hydrogen-bond acceptors (Lipinski definition) is 6. The van der Waals surface area contributed by atoms with E-state index in [9.17, 15) is 0 Å². The molecular formula is C8H4N4OS. The molecule has 0 fully saturated rings. The van der Waals surface area contributed by atoms with Gasteiger partial charge in [-0.25, -0.2) is 14.6 Å². The van der Waals surface area contributed by atoms with E-state index in [0.29, 0.717) is 11.3 Å². The summed E-state index contributed by atoms with van der Waals surface area (Å²) in [5, 5.41) is 9.21. The van der Waals surface area contributed by atoms with Crippen LogP contribution in [0, 0.1) is 0 Å². The van der Waals surface area contributed by atoms with Gasteiger partial charge in [0.15, 0.2) is 0 Å². The highest BCUT2D eigenvalue weighted by molar-refractivity contribution is 7.13. The minimum Gasteiger partial charge on any atom is -0.240 e. The molecule has 0 N–H and O–H groups in total. The fourth-order valence-corrected chi connectivity index (χ4v) is 1.82. The van der Waals surface area contributed by atoms with Gasteiger partial charge in [-0.1, -0.05) is 6.07 Å². The van der Waals surface area contributed by atoms with E-state index in [2.05, 4.69) is 24.9 Å². The fourth-order valence-electron chi connectivity index (χ4n) is 1.14. The highest BCUT2D eigenvalue weighted by Crippen LogP contribution is 2.22. The second kappa shape index (κ2) is 2.85. The summed E-state index contributed by atoms with van der Waals surface area (Å²) in [4.78, 5) is 9.39. The van der Waals surface area contributed by atoms with Gasteiger partial charge in [0.2, 0.25) is 11.3 Å². The lowest BCUT2D eigenvalue weighted by molar-refractivity contribution is 0.314. The third kappa shape index (κ3) is 1.08. The standard InChI is InChI=1S/C8H4N4OS/c1-2-6(14-3-1)5-4-9-7-8(10-5)12-13-11-7/h1-4H. The summed E-state index contributed by atoms with van der Waals surface area (Å²) in [6.07, 6.45) is 1.67. The molecule has 0 radical (unpaired) electrons. The van der Waals surface area contributed by atoms with E-state index in [1.165, 1.54) is 0 Å². The van der Waals surface area contributed by atoms with Crippen molar-refractivity contribution < 1.29 is 4.63 Å². The first kappa shape index (κ1) is 7.57. The molecule has 0 aliphatic heterocycles. The zero-order valence-corrected chi connectivity index (χ0v) is 7.73. The van der Waals surface area contributed by atoms with E-state index in [4.69, 9.17) is 0 Å². The molecular weight excluding hydrogens is 200 g/mol. The average Bonchev–Trinajstić information content (AvgIpc) is 2.88. The number of rotatable bonds is 1. The molecule has 3 rings (SSSR count). The Morgan fingerprint density at radius 1 is 1.21 bits per heavy atom. The second-order valence-corrected chi connectivity index (χ2v) is 3.59. The summed E-state index contributed by atoms with van der Waals surface area (Å²) in [6, 6.07) is 3.95. The van der Waals surface area contributed by atoms with Crippen LogP contribution in [0.3, 0.4) is 0 Å². The Morgan fingerprint density at radius 3 is 3.00 bits per heavy atom. The summed E-state index contributed by atoms with van der Waals surface area (Å²) in [7, 11) is 0. The molecule has 0 unspecified atom stereocenters. The van der Waals surface area contributed by atoms with Gasteiger partial charge in [-0.15, -0.1) is 11.3 Å². The van der Waals surface area contributed by atoms with E-state index in [0.717, 1.165) is 10.6 Å². The predicted octanol–water partition coefficient (Wildman–Crippen LogP) is 1.74. The van der Waals surface area contributed by atoms with Crippen LogP contribution in [0.1, 0.15) is 0 Å². The molecule has 3 aromatic rings. The van der Waals surface area contributed by atoms with Crippen LogP contribution in [-0.2, 0) is 0 Å². The van der Waals surface area contributed by atoms with Crippen LogP contribution in [0.25, 0.3) is 21.9 Å². The van der Waals surface area contributed by atoms with Crippen molar-refractivity contribution in [3.05, 3.63) is 23.7 Å². The molecule has 0 atom stereocenters. The number of aromatic nitrogens is 4. The molecule has 5 nitrogen and oxygen atoms in total. The average molecular weight is 204 g/mol. The van der Waals surface area contributed by atoms with Gasteiger partial charge in [0, 0.05) is 0 Å². The normalized spacial score (nSPS) is 10.9. The zero-order valence-electron chi connectivity index (χ0n) is 6.91. The van der Waals surface area contributed by atoms with E-state index < -0.39 is 0 Å². The van der Waals surface area contributed by atoms with Crippen molar-refractivity contribution in [2.45, 2.75) is 0 Å². The molecule has 0 aliphatic rings. The Kier molecular flexibility index (Phi) is 1.54. The van der Waals surface area contributed by atoms with Gasteiger partial charge in [0.1, 0.15) is 5.69 Å². The van der Waals surface area contributed by atoms with Crippen LogP contribution in [0.15, 0.2) is 28.3 Å². The zero-order chi connectivity index (χ0) is 9.38. The third-order valence-electron chi connectivity index (χ3n) is 1.76. The molecule has 0 amide bonds. The monoisotopic (exact) mass is 204 g/mol. The highest BCUT2D eigenvalue weighted by Gasteiger charge is 2.06. The van der Waals surface area contributed by atoms with Gasteiger partial charge < -0.3 is 0 Å². The highest BCUT2D eigenvalue weighted by atomic mass is 32.1. The van der Waals surface area contributed by atoms with Crippen LogP contribution in [0.4, 0.5) is 0 Å². The van der Waals surface area contributed by atoms with Gasteiger partial charge in [-0.05, 0) is 21.8 Å². The van der Waals surface area contributed by atoms with Crippen LogP contribution in [0.2, 0.25) is 0 Å². The minimum absolute atomic E-state index is 0.435. The van der Waals surface area contributed by atoms with E-state index >= 15 is 0 Å². The van der Waals surface area contributed by atoms with Crippen molar-refractivity contribution in [2.24, 2.45) is 0 Å². The van der Waals surface area contributed by atoms with Crippen molar-refractivity contribution in [1.29, 1.82) is 0 Å². The molecule has 0 saturated heterocycles. The maximum atomic E-state index is 4.52. The lowest BCUT2D eigenvalue weighted by Crippen LogP contribution is -1.85. The Balaban J connectivity index is 2.23. The summed E-state index contributed by atoms with van der Waals surface area (Å²) < 4.78 is 4.52. The predicted molar refractivity (Wildman–Crippen MR) is 50.7 cm³/mol. The topological polar surface area (TPSA) is 64.7 Å². The number of thiophene rings is 1. The van der Waals surface area contributed by atoms with Crippen molar-refractivity contribution in [3.8, 4) is 10.6 Å². The van der Waals surface area contributed by atoms with Crippen LogP contribution in [-0.4, -0.2) is 20.3 Å². The first-order valence-electron chi connectivity index (χ1n) is 3.93. The Bertz CT molecular complexity index is 560. The fraction of sp³-hybridized carbons (Fsp3) is 0. The molecule has 0 aliphatic carbocycles. The third-order valence-corrected chi connectivity index (χ3v) is 2.66. The summed E-state index contributed by atoms with van der Waals surface area (Å²) >= 11 is 1.61. The minimum atomic E-state index is 0.435. The van der Waals surface area contributed by atoms with Crippen molar-refractivity contribution in [2.75, 3.05) is 0 Å². The maximum absolute atomic E-state index is 4.52. The van der Waals surface area contributed by atoms with Gasteiger partial charge in [0.05, 0.1) is 11.1 Å². The number of nitrogens with zero attached hydrogens (tertiary/aromatic N) is 4. The molecule has 6 heteroatoms. The molecule has 0 bridgehead atoms. The number of hydrogen-bond donors (Lipinski definition) is 0. The lowest BCUT2D eigenvalue weighted by atomic mass is 10.3. The van der Waals surface area contributed by atoms with Gasteiger partial charge in [-0.3, -0.25) is 0 Å². The quantitative estimate of drug-likeness (QED) is 0.604. The molecule has 3 heterocycles. The second-order valence-electron chi connectivity index (χ2n) is 2.64. The Hall–Kier alpha value is -1.82. The maximum Gasteiger partial charge on any atom is 0.243 e. The number of fused-ring (bicyclic) bond motifs is 1. The van der Waals surface area contributed by atoms with E-state index in [-0.39, 0.29) is 0 Å². The van der Waals surface area contributed by atoms with E-state index in [1.807, 2.05) is 17.5 Å². The van der Waals surface area contributed by atoms with Crippen molar-refractivity contribution in [3.63, 3.8) is 0 Å². The van der Waals surface area contributed by atoms with E-state index in [1.54, 1.807) is 17.5 Å². The first-order chi connectivity index (χ1) is 6.93. The van der Waals surface area contributed by atoms with Gasteiger partial charge >= 0.3 is 0 Å². The smallest absolute Gasteiger partial charge is 0.240 e. The van der Waals surface area contributed by atoms with Crippen molar-refractivity contribution >= 4 is 22.6 Å². The Morgan fingerprint density at radius 2 is 2.14 bits per heavy atom. The summed E-state index contributed by atoms with van der Waals surface area (Å²) in [5.74, 6) is 0. The molecule has 68 valence electrons. The molecule has 14 heavy (non-hydrogen) atoms. The van der Waals surface area contributed by atoms with Gasteiger partial charge in [0.25, 0.3) is 0 Å². The summed E-state index contributed by atoms with van der Waals surface area (Å²) in [5.41, 5.74) is 1.67. The Labute approximate surface area is 82.4 Å². The SMILES string of the molecule is c1csc(-c2cnc3nonc3n2)c1. The molecule has 0 spiro atoms. The molecule has 0 aromatic carbocycles. The molecule has 0 saturated carbocycles. The first-order valence-corrected chi connectivity index (χ1v) is 4.80. The van der Waals surface area contributed by atoms with Crippen molar-refractivity contribution in [1.82, 2.24) is 20.3 Å². The largest absolute Gasteiger partial charge is 0.243 e. The van der Waals surface area contributed by atoms with Gasteiger partial charge in [-0.2, -0.15) is 0 Å². The summed E-state index contributed by atoms with van der Waals surface area (Å²) in [6.45, 7) is 0. The lowest BCUT2D eigenvalue weighted by Gasteiger charge is -1.92. The van der Waals surface area contributed by atoms with Crippen LogP contribution >= 0.6 is 11.3 Å². The van der Waals surface area contributed by atoms with Crippen LogP contribution < -0.4 is 0 Å². The van der Waals surface area contributed by atoms with Crippen LogP contribution in [0.5, 0.6) is 0 Å². The molecule has 3 aromatic heterocycles.